The Morgan fingerprint density at radius 1 is 1.03 bits per heavy atom. The van der Waals surface area contributed by atoms with Gasteiger partial charge in [0.1, 0.15) is 6.10 Å². The van der Waals surface area contributed by atoms with E-state index in [1.807, 2.05) is 0 Å². The summed E-state index contributed by atoms with van der Waals surface area (Å²) in [7, 11) is 2.76. The SMILES string of the molecule is CNC(=O)[C@@](C)(C(=O)NOC1CCCCO1)N(C)C(=O)c1ccc(C#Cc2ccc([C@H](O)C(C)O)cc2)cc1. The lowest BCUT2D eigenvalue weighted by molar-refractivity contribution is -0.204. The fourth-order valence-corrected chi connectivity index (χ4v) is 3.95. The van der Waals surface area contributed by atoms with Crippen molar-refractivity contribution < 1.29 is 34.2 Å². The smallest absolute Gasteiger partial charge is 0.279 e. The topological polar surface area (TPSA) is 137 Å². The molecule has 0 aliphatic carbocycles. The predicted molar refractivity (Wildman–Crippen MR) is 143 cm³/mol. The maximum Gasteiger partial charge on any atom is 0.279 e. The number of hydrogen-bond donors (Lipinski definition) is 4. The first-order valence-electron chi connectivity index (χ1n) is 12.7. The third-order valence-electron chi connectivity index (χ3n) is 6.70. The monoisotopic (exact) mass is 537 g/mol. The van der Waals surface area contributed by atoms with Gasteiger partial charge in [0, 0.05) is 43.8 Å². The van der Waals surface area contributed by atoms with Crippen LogP contribution in [-0.2, 0) is 19.2 Å². The first kappa shape index (κ1) is 29.8. The van der Waals surface area contributed by atoms with Crippen LogP contribution in [0.5, 0.6) is 0 Å². The van der Waals surface area contributed by atoms with Crippen LogP contribution in [0, 0.1) is 11.8 Å². The summed E-state index contributed by atoms with van der Waals surface area (Å²) < 4.78 is 5.44. The minimum Gasteiger partial charge on any atom is -0.390 e. The summed E-state index contributed by atoms with van der Waals surface area (Å²) in [5.41, 5.74) is 2.61. The molecule has 1 aliphatic rings. The minimum absolute atomic E-state index is 0.263. The Hall–Kier alpha value is -3.75. The lowest BCUT2D eigenvalue weighted by Gasteiger charge is -2.36. The fraction of sp³-hybridized carbons (Fsp3) is 0.414. The van der Waals surface area contributed by atoms with E-state index in [4.69, 9.17) is 9.57 Å². The quantitative estimate of drug-likeness (QED) is 0.228. The molecule has 1 fully saturated rings. The van der Waals surface area contributed by atoms with Crippen LogP contribution in [0.4, 0.5) is 0 Å². The van der Waals surface area contributed by atoms with Crippen LogP contribution in [-0.4, -0.2) is 71.5 Å². The van der Waals surface area contributed by atoms with Crippen molar-refractivity contribution in [1.82, 2.24) is 15.7 Å². The molecule has 3 amide bonds. The minimum atomic E-state index is -1.90. The van der Waals surface area contributed by atoms with Gasteiger partial charge in [-0.25, -0.2) is 10.3 Å². The van der Waals surface area contributed by atoms with Crippen LogP contribution in [0.25, 0.3) is 0 Å². The molecule has 3 rings (SSSR count). The van der Waals surface area contributed by atoms with E-state index < -0.39 is 41.8 Å². The number of hydroxylamine groups is 1. The number of hydrogen-bond acceptors (Lipinski definition) is 7. The lowest BCUT2D eigenvalue weighted by atomic mass is 9.96. The van der Waals surface area contributed by atoms with E-state index in [0.29, 0.717) is 29.7 Å². The summed E-state index contributed by atoms with van der Waals surface area (Å²) >= 11 is 0. The van der Waals surface area contributed by atoms with Gasteiger partial charge in [0.05, 0.1) is 6.10 Å². The number of carbonyl (C=O) groups excluding carboxylic acids is 3. The maximum absolute atomic E-state index is 13.3. The third kappa shape index (κ3) is 7.22. The molecule has 208 valence electrons. The largest absolute Gasteiger partial charge is 0.390 e. The number of aliphatic hydroxyl groups is 2. The van der Waals surface area contributed by atoms with Crippen molar-refractivity contribution >= 4 is 17.7 Å². The average Bonchev–Trinajstić information content (AvgIpc) is 2.97. The first-order valence-corrected chi connectivity index (χ1v) is 12.7. The third-order valence-corrected chi connectivity index (χ3v) is 6.70. The second-order valence-corrected chi connectivity index (χ2v) is 9.50. The Bertz CT molecular complexity index is 1210. The molecular formula is C29H35N3O7. The highest BCUT2D eigenvalue weighted by Crippen LogP contribution is 2.20. The number of aliphatic hydroxyl groups excluding tert-OH is 2. The number of nitrogens with one attached hydrogen (secondary N) is 2. The van der Waals surface area contributed by atoms with E-state index >= 15 is 0 Å². The van der Waals surface area contributed by atoms with Crippen LogP contribution in [0.15, 0.2) is 48.5 Å². The van der Waals surface area contributed by atoms with E-state index in [9.17, 15) is 24.6 Å². The standard InChI is InChI=1S/C29H35N3O7/c1-19(33)25(34)22-14-10-20(11-15-22)8-9-21-12-16-23(17-13-21)26(35)32(4)29(2,27(36)30-3)28(37)31-39-24-7-5-6-18-38-24/h10-17,19,24-25,33-34H,5-7,18H2,1-4H3,(H,30,36)(H,31,37)/t19?,24?,25-,29+/m1/s1. The van der Waals surface area contributed by atoms with Gasteiger partial charge in [-0.1, -0.05) is 24.0 Å². The van der Waals surface area contributed by atoms with E-state index in [-0.39, 0.29) is 5.56 Å². The molecule has 1 heterocycles. The molecule has 2 aromatic rings. The highest BCUT2D eigenvalue weighted by molar-refractivity contribution is 6.12. The average molecular weight is 538 g/mol. The highest BCUT2D eigenvalue weighted by Gasteiger charge is 2.47. The summed E-state index contributed by atoms with van der Waals surface area (Å²) in [6, 6.07) is 13.4. The first-order chi connectivity index (χ1) is 18.6. The molecule has 0 radical (unpaired) electrons. The summed E-state index contributed by atoms with van der Waals surface area (Å²) in [4.78, 5) is 45.5. The van der Waals surface area contributed by atoms with Crippen molar-refractivity contribution in [2.75, 3.05) is 20.7 Å². The second-order valence-electron chi connectivity index (χ2n) is 9.50. The Morgan fingerprint density at radius 2 is 1.62 bits per heavy atom. The summed E-state index contributed by atoms with van der Waals surface area (Å²) in [6.07, 6.45) is -0.0422. The summed E-state index contributed by atoms with van der Waals surface area (Å²) in [5.74, 6) is 3.99. The zero-order valence-corrected chi connectivity index (χ0v) is 22.6. The molecule has 2 aromatic carbocycles. The van der Waals surface area contributed by atoms with Gasteiger partial charge in [0.25, 0.3) is 17.7 Å². The van der Waals surface area contributed by atoms with Gasteiger partial charge in [-0.3, -0.25) is 14.4 Å². The highest BCUT2D eigenvalue weighted by atomic mass is 16.8. The number of likely N-dealkylation sites (N-methyl/N-ethyl adjacent to an activating group) is 2. The molecule has 1 saturated heterocycles. The van der Waals surface area contributed by atoms with Crippen molar-refractivity contribution in [1.29, 1.82) is 0 Å². The van der Waals surface area contributed by atoms with Gasteiger partial charge in [-0.15, -0.1) is 0 Å². The Balaban J connectivity index is 1.70. The Kier molecular flexibility index (Phi) is 10.2. The zero-order valence-electron chi connectivity index (χ0n) is 22.6. The van der Waals surface area contributed by atoms with Crippen molar-refractivity contribution in [3.63, 3.8) is 0 Å². The Labute approximate surface area is 228 Å². The van der Waals surface area contributed by atoms with Crippen molar-refractivity contribution in [2.45, 2.75) is 57.1 Å². The van der Waals surface area contributed by atoms with Crippen LogP contribution < -0.4 is 10.8 Å². The molecule has 0 aromatic heterocycles. The molecule has 4 atom stereocenters. The molecule has 10 heteroatoms. The lowest BCUT2D eigenvalue weighted by Crippen LogP contribution is -2.65. The molecule has 0 bridgehead atoms. The van der Waals surface area contributed by atoms with Crippen molar-refractivity contribution in [3.05, 3.63) is 70.8 Å². The predicted octanol–water partition coefficient (Wildman–Crippen LogP) is 1.65. The number of rotatable bonds is 8. The fourth-order valence-electron chi connectivity index (χ4n) is 3.95. The van der Waals surface area contributed by atoms with Crippen LogP contribution in [0.3, 0.4) is 0 Å². The molecule has 0 spiro atoms. The van der Waals surface area contributed by atoms with Gasteiger partial charge >= 0.3 is 0 Å². The summed E-state index contributed by atoms with van der Waals surface area (Å²) in [6.45, 7) is 3.38. The molecular weight excluding hydrogens is 502 g/mol. The normalized spacial score (nSPS) is 17.9. The maximum atomic E-state index is 13.3. The number of carbonyl (C=O) groups is 3. The number of benzene rings is 2. The van der Waals surface area contributed by atoms with Gasteiger partial charge in [0.2, 0.25) is 0 Å². The van der Waals surface area contributed by atoms with Crippen molar-refractivity contribution in [2.24, 2.45) is 0 Å². The second kappa shape index (κ2) is 13.4. The molecule has 4 N–H and O–H groups in total. The summed E-state index contributed by atoms with van der Waals surface area (Å²) in [5, 5.41) is 21.9. The molecule has 39 heavy (non-hydrogen) atoms. The van der Waals surface area contributed by atoms with E-state index in [0.717, 1.165) is 17.7 Å². The molecule has 10 nitrogen and oxygen atoms in total. The number of nitrogens with zero attached hydrogens (tertiary/aromatic N) is 1. The molecule has 1 aliphatic heterocycles. The van der Waals surface area contributed by atoms with Crippen LogP contribution in [0.2, 0.25) is 0 Å². The Morgan fingerprint density at radius 3 is 2.13 bits per heavy atom. The van der Waals surface area contributed by atoms with Crippen molar-refractivity contribution in [3.8, 4) is 11.8 Å². The number of amides is 3. The van der Waals surface area contributed by atoms with E-state index in [2.05, 4.69) is 22.6 Å². The van der Waals surface area contributed by atoms with Gasteiger partial charge in [-0.05, 0) is 68.7 Å². The van der Waals surface area contributed by atoms with E-state index in [1.54, 1.807) is 48.5 Å². The van der Waals surface area contributed by atoms with Crippen LogP contribution in [0.1, 0.15) is 66.3 Å². The zero-order chi connectivity index (χ0) is 28.6. The number of ether oxygens (including phenoxy) is 1. The van der Waals surface area contributed by atoms with Gasteiger partial charge < -0.3 is 25.2 Å². The molecule has 2 unspecified atom stereocenters. The van der Waals surface area contributed by atoms with Gasteiger partial charge in [0.15, 0.2) is 11.8 Å². The van der Waals surface area contributed by atoms with Crippen LogP contribution >= 0.6 is 0 Å². The molecule has 0 saturated carbocycles. The van der Waals surface area contributed by atoms with E-state index in [1.165, 1.54) is 27.9 Å². The van der Waals surface area contributed by atoms with Gasteiger partial charge in [-0.2, -0.15) is 0 Å².